The van der Waals surface area contributed by atoms with Gasteiger partial charge in [-0.15, -0.1) is 0 Å². The first kappa shape index (κ1) is 14.5. The van der Waals surface area contributed by atoms with Crippen LogP contribution in [0.1, 0.15) is 28.9 Å². The van der Waals surface area contributed by atoms with Crippen LogP contribution in [-0.2, 0) is 14.8 Å². The monoisotopic (exact) mass is 272 g/mol. The van der Waals surface area contributed by atoms with Crippen molar-refractivity contribution in [1.29, 1.82) is 0 Å². The molecule has 0 heterocycles. The Morgan fingerprint density at radius 3 is 2.50 bits per heavy atom. The molecule has 0 saturated heterocycles. The van der Waals surface area contributed by atoms with Gasteiger partial charge in [0, 0.05) is 18.2 Å². The van der Waals surface area contributed by atoms with Crippen LogP contribution in [0.5, 0.6) is 0 Å². The van der Waals surface area contributed by atoms with Gasteiger partial charge in [-0.1, -0.05) is 6.07 Å². The van der Waals surface area contributed by atoms with E-state index in [4.69, 9.17) is 10.5 Å². The smallest absolute Gasteiger partial charge is 0.249 e. The number of benzene rings is 1. The van der Waals surface area contributed by atoms with E-state index >= 15 is 0 Å². The lowest BCUT2D eigenvalue weighted by Gasteiger charge is -2.18. The summed E-state index contributed by atoms with van der Waals surface area (Å²) in [7, 11) is -1.98. The molecule has 0 aromatic heterocycles. The van der Waals surface area contributed by atoms with E-state index in [0.29, 0.717) is 11.3 Å². The summed E-state index contributed by atoms with van der Waals surface area (Å²) in [6.07, 6.45) is 0.573. The van der Waals surface area contributed by atoms with Gasteiger partial charge in [-0.3, -0.25) is 9.52 Å². The quantitative estimate of drug-likeness (QED) is 0.830. The number of methoxy groups -OCH3 is 1. The summed E-state index contributed by atoms with van der Waals surface area (Å²) in [5.74, 6) is -0.633. The molecule has 1 aromatic rings. The van der Waals surface area contributed by atoms with Crippen molar-refractivity contribution in [1.82, 2.24) is 0 Å². The van der Waals surface area contributed by atoms with Crippen LogP contribution >= 0.6 is 0 Å². The molecular formula is C11H16N2O4S. The van der Waals surface area contributed by atoms with E-state index in [1.165, 1.54) is 13.2 Å². The Hall–Kier alpha value is -1.60. The molecule has 6 nitrogen and oxygen atoms in total. The van der Waals surface area contributed by atoms with Crippen molar-refractivity contribution in [3.8, 4) is 0 Å². The van der Waals surface area contributed by atoms with E-state index in [1.54, 1.807) is 19.1 Å². The first-order chi connectivity index (χ1) is 8.26. The van der Waals surface area contributed by atoms with Crippen LogP contribution in [0.4, 0.5) is 5.69 Å². The fourth-order valence-corrected chi connectivity index (χ4v) is 2.20. The fraction of sp³-hybridized carbons (Fsp3) is 0.364. The molecule has 0 bridgehead atoms. The second-order valence-corrected chi connectivity index (χ2v) is 5.63. The predicted octanol–water partition coefficient (Wildman–Crippen LogP) is 0.864. The van der Waals surface area contributed by atoms with Crippen molar-refractivity contribution in [3.05, 3.63) is 29.3 Å². The molecule has 0 spiro atoms. The molecular weight excluding hydrogens is 256 g/mol. The lowest BCUT2D eigenvalue weighted by molar-refractivity contribution is 0.0978. The van der Waals surface area contributed by atoms with E-state index in [9.17, 15) is 13.2 Å². The lowest BCUT2D eigenvalue weighted by atomic mass is 10.0. The fourth-order valence-electron chi connectivity index (χ4n) is 1.62. The molecule has 1 rings (SSSR count). The van der Waals surface area contributed by atoms with E-state index in [2.05, 4.69) is 4.72 Å². The van der Waals surface area contributed by atoms with Crippen LogP contribution in [0.2, 0.25) is 0 Å². The summed E-state index contributed by atoms with van der Waals surface area (Å²) in [6, 6.07) is 4.64. The Labute approximate surface area is 106 Å². The van der Waals surface area contributed by atoms with Crippen molar-refractivity contribution >= 4 is 21.6 Å². The molecule has 0 saturated carbocycles. The number of rotatable bonds is 5. The van der Waals surface area contributed by atoms with Crippen LogP contribution in [0.3, 0.4) is 0 Å². The third kappa shape index (κ3) is 3.44. The molecule has 7 heteroatoms. The lowest BCUT2D eigenvalue weighted by Crippen LogP contribution is -2.19. The average molecular weight is 272 g/mol. The first-order valence-corrected chi connectivity index (χ1v) is 7.08. The molecule has 1 unspecified atom stereocenters. The van der Waals surface area contributed by atoms with Gasteiger partial charge in [0.2, 0.25) is 15.9 Å². The first-order valence-electron chi connectivity index (χ1n) is 5.19. The molecule has 1 aromatic carbocycles. The highest BCUT2D eigenvalue weighted by molar-refractivity contribution is 7.92. The minimum atomic E-state index is -3.44. The summed E-state index contributed by atoms with van der Waals surface area (Å²) < 4.78 is 30.0. The number of nitrogens with one attached hydrogen (secondary N) is 1. The molecule has 1 atom stereocenters. The van der Waals surface area contributed by atoms with Crippen molar-refractivity contribution < 1.29 is 17.9 Å². The maximum absolute atomic E-state index is 11.3. The number of sulfonamides is 1. The summed E-state index contributed by atoms with van der Waals surface area (Å²) >= 11 is 0. The van der Waals surface area contributed by atoms with Gasteiger partial charge in [-0.25, -0.2) is 8.42 Å². The Morgan fingerprint density at radius 1 is 1.44 bits per heavy atom. The topological polar surface area (TPSA) is 98.5 Å². The van der Waals surface area contributed by atoms with Gasteiger partial charge in [0.25, 0.3) is 0 Å². The number of carbonyl (C=O) groups excluding carboxylic acids is 1. The number of amides is 1. The zero-order valence-electron chi connectivity index (χ0n) is 10.4. The molecule has 18 heavy (non-hydrogen) atoms. The molecule has 100 valence electrons. The molecule has 0 aliphatic rings. The van der Waals surface area contributed by atoms with E-state index in [0.717, 1.165) is 6.26 Å². The second-order valence-electron chi connectivity index (χ2n) is 3.88. The summed E-state index contributed by atoms with van der Waals surface area (Å²) in [5, 5.41) is 0. The Balaban J connectivity index is 3.42. The molecule has 0 aliphatic heterocycles. The Morgan fingerprint density at radius 2 is 2.06 bits per heavy atom. The highest BCUT2D eigenvalue weighted by Crippen LogP contribution is 2.29. The maximum Gasteiger partial charge on any atom is 0.249 e. The number of primary amides is 1. The minimum absolute atomic E-state index is 0.234. The number of carbonyl (C=O) groups is 1. The van der Waals surface area contributed by atoms with Crippen LogP contribution in [0.25, 0.3) is 0 Å². The number of hydrogen-bond acceptors (Lipinski definition) is 4. The van der Waals surface area contributed by atoms with Crippen LogP contribution in [-0.4, -0.2) is 27.7 Å². The molecule has 0 aliphatic carbocycles. The van der Waals surface area contributed by atoms with Gasteiger partial charge in [-0.2, -0.15) is 0 Å². The van der Waals surface area contributed by atoms with Crippen molar-refractivity contribution in [2.24, 2.45) is 5.73 Å². The zero-order valence-corrected chi connectivity index (χ0v) is 11.2. The Kier molecular flexibility index (Phi) is 4.31. The zero-order chi connectivity index (χ0) is 13.9. The van der Waals surface area contributed by atoms with Crippen LogP contribution in [0, 0.1) is 0 Å². The third-order valence-corrected chi connectivity index (χ3v) is 3.02. The second kappa shape index (κ2) is 5.36. The summed E-state index contributed by atoms with van der Waals surface area (Å²) in [4.78, 5) is 11.3. The number of anilines is 1. The predicted molar refractivity (Wildman–Crippen MR) is 68.9 cm³/mol. The molecule has 0 radical (unpaired) electrons. The minimum Gasteiger partial charge on any atom is -0.377 e. The standard InChI is InChI=1S/C11H16N2O4S/c1-7(17-2)10-8(11(12)14)5-4-6-9(10)13-18(3,15)16/h4-7,13H,1-3H3,(H2,12,14). The largest absolute Gasteiger partial charge is 0.377 e. The van der Waals surface area contributed by atoms with Gasteiger partial charge in [-0.05, 0) is 19.1 Å². The average Bonchev–Trinajstić information content (AvgIpc) is 2.25. The van der Waals surface area contributed by atoms with Crippen molar-refractivity contribution in [2.75, 3.05) is 18.1 Å². The van der Waals surface area contributed by atoms with Crippen LogP contribution in [0.15, 0.2) is 18.2 Å². The van der Waals surface area contributed by atoms with Crippen molar-refractivity contribution in [2.45, 2.75) is 13.0 Å². The van der Waals surface area contributed by atoms with Gasteiger partial charge < -0.3 is 10.5 Å². The molecule has 0 fully saturated rings. The molecule has 3 N–H and O–H groups in total. The van der Waals surface area contributed by atoms with Gasteiger partial charge in [0.05, 0.1) is 18.0 Å². The van der Waals surface area contributed by atoms with E-state index < -0.39 is 22.0 Å². The van der Waals surface area contributed by atoms with Crippen molar-refractivity contribution in [3.63, 3.8) is 0 Å². The normalized spacial score (nSPS) is 13.1. The highest BCUT2D eigenvalue weighted by Gasteiger charge is 2.19. The van der Waals surface area contributed by atoms with Gasteiger partial charge in [0.1, 0.15) is 0 Å². The Bertz CT molecular complexity index is 554. The number of ether oxygens (including phenoxy) is 1. The maximum atomic E-state index is 11.3. The number of hydrogen-bond donors (Lipinski definition) is 2. The van der Waals surface area contributed by atoms with Crippen LogP contribution < -0.4 is 10.5 Å². The highest BCUT2D eigenvalue weighted by atomic mass is 32.2. The van der Waals surface area contributed by atoms with E-state index in [-0.39, 0.29) is 5.56 Å². The molecule has 1 amide bonds. The third-order valence-electron chi connectivity index (χ3n) is 2.43. The summed E-state index contributed by atoms with van der Waals surface area (Å²) in [5.41, 5.74) is 6.23. The summed E-state index contributed by atoms with van der Waals surface area (Å²) in [6.45, 7) is 1.70. The number of nitrogens with two attached hydrogens (primary N) is 1. The van der Waals surface area contributed by atoms with Gasteiger partial charge >= 0.3 is 0 Å². The van der Waals surface area contributed by atoms with Gasteiger partial charge in [0.15, 0.2) is 0 Å². The van der Waals surface area contributed by atoms with E-state index in [1.807, 2.05) is 0 Å². The SMILES string of the molecule is COC(C)c1c(NS(C)(=O)=O)cccc1C(N)=O.